The molecule has 2 saturated carbocycles. The van der Waals surface area contributed by atoms with E-state index < -0.39 is 0 Å². The molecule has 4 nitrogen and oxygen atoms in total. The molecule has 1 aliphatic heterocycles. The third-order valence-electron chi connectivity index (χ3n) is 6.93. The molecule has 0 radical (unpaired) electrons. The maximum atomic E-state index is 10.4. The van der Waals surface area contributed by atoms with Crippen molar-refractivity contribution in [3.05, 3.63) is 0 Å². The average Bonchev–Trinajstić information content (AvgIpc) is 2.83. The van der Waals surface area contributed by atoms with Crippen LogP contribution >= 0.6 is 0 Å². The van der Waals surface area contributed by atoms with E-state index in [0.717, 1.165) is 43.2 Å². The van der Waals surface area contributed by atoms with Crippen LogP contribution in [0.3, 0.4) is 0 Å². The molecule has 0 amide bonds. The van der Waals surface area contributed by atoms with E-state index in [9.17, 15) is 5.11 Å². The number of aliphatic hydroxyl groups excluding tert-OH is 1. The van der Waals surface area contributed by atoms with Crippen molar-refractivity contribution in [3.63, 3.8) is 0 Å². The van der Waals surface area contributed by atoms with Gasteiger partial charge < -0.3 is 19.1 Å². The monoisotopic (exact) mass is 312 g/mol. The number of rotatable bonds is 5. The summed E-state index contributed by atoms with van der Waals surface area (Å²) in [5.74, 6) is 2.10. The summed E-state index contributed by atoms with van der Waals surface area (Å²) in [6.45, 7) is 12.0. The first-order valence-corrected chi connectivity index (χ1v) is 9.04. The molecule has 4 heteroatoms. The van der Waals surface area contributed by atoms with Gasteiger partial charge in [-0.25, -0.2) is 0 Å². The highest BCUT2D eigenvalue weighted by Gasteiger charge is 2.57. The van der Waals surface area contributed by atoms with Gasteiger partial charge in [0.15, 0.2) is 0 Å². The number of quaternary nitrogens is 1. The Morgan fingerprint density at radius 2 is 1.86 bits per heavy atom. The third-order valence-corrected chi connectivity index (χ3v) is 6.93. The first kappa shape index (κ1) is 16.7. The number of hydrogen-bond donors (Lipinski definition) is 1. The molecule has 128 valence electrons. The van der Waals surface area contributed by atoms with E-state index in [1.807, 2.05) is 0 Å². The van der Waals surface area contributed by atoms with E-state index in [0.29, 0.717) is 30.0 Å². The summed E-state index contributed by atoms with van der Waals surface area (Å²) in [4.78, 5) is 0. The maximum Gasteiger partial charge on any atom is 0.126 e. The maximum absolute atomic E-state index is 10.4. The van der Waals surface area contributed by atoms with Crippen molar-refractivity contribution in [2.24, 2.45) is 23.2 Å². The van der Waals surface area contributed by atoms with Gasteiger partial charge in [-0.2, -0.15) is 0 Å². The highest BCUT2D eigenvalue weighted by atomic mass is 16.5. The molecule has 2 bridgehead atoms. The Balaban J connectivity index is 1.50. The van der Waals surface area contributed by atoms with Crippen molar-refractivity contribution in [2.45, 2.75) is 45.8 Å². The van der Waals surface area contributed by atoms with Gasteiger partial charge in [-0.3, -0.25) is 0 Å². The van der Waals surface area contributed by atoms with Gasteiger partial charge in [0.05, 0.1) is 33.0 Å². The summed E-state index contributed by atoms with van der Waals surface area (Å²) >= 11 is 0. The average molecular weight is 312 g/mol. The number of likely N-dealkylation sites (N-methyl/N-ethyl adjacent to an activating group) is 1. The number of nitrogens with zero attached hydrogens (tertiary/aromatic N) is 1. The topological polar surface area (TPSA) is 38.7 Å². The number of hydrogen-bond acceptors (Lipinski definition) is 3. The minimum absolute atomic E-state index is 0.346. The number of morpholine rings is 1. The fourth-order valence-electron chi connectivity index (χ4n) is 5.52. The van der Waals surface area contributed by atoms with Crippen LogP contribution < -0.4 is 0 Å². The van der Waals surface area contributed by atoms with Crippen LogP contribution in [-0.2, 0) is 9.47 Å². The molecule has 1 heterocycles. The third kappa shape index (κ3) is 2.95. The van der Waals surface area contributed by atoms with Crippen LogP contribution in [-0.4, -0.2) is 68.3 Å². The van der Waals surface area contributed by atoms with Crippen LogP contribution in [0.15, 0.2) is 0 Å². The highest BCUT2D eigenvalue weighted by Crippen LogP contribution is 2.60. The molecule has 0 spiro atoms. The SMILES string of the molecule is C[C@@H]1[C@H](OC[C@H](O)C[N+]2(C)CCOCC2)[C@H]2CC[C@H]1C2(C)C. The van der Waals surface area contributed by atoms with Crippen molar-refractivity contribution >= 4 is 0 Å². The molecule has 0 aromatic heterocycles. The van der Waals surface area contributed by atoms with Crippen LogP contribution in [0.5, 0.6) is 0 Å². The van der Waals surface area contributed by atoms with Gasteiger partial charge in [-0.1, -0.05) is 20.8 Å². The lowest BCUT2D eigenvalue weighted by Gasteiger charge is -2.39. The van der Waals surface area contributed by atoms with E-state index in [4.69, 9.17) is 9.47 Å². The Bertz CT molecular complexity index is 392. The number of aliphatic hydroxyl groups is 1. The summed E-state index contributed by atoms with van der Waals surface area (Å²) < 4.78 is 12.6. The standard InChI is InChI=1S/C18H34NO3/c1-13-15-5-6-16(18(15,2)3)17(13)22-12-14(20)11-19(4)7-9-21-10-8-19/h13-17,20H,5-12H2,1-4H3/q+1/t13-,14+,15+,16+,17-/m0/s1. The van der Waals surface area contributed by atoms with Gasteiger partial charge in [-0.15, -0.1) is 0 Å². The van der Waals surface area contributed by atoms with Crippen molar-refractivity contribution in [1.29, 1.82) is 0 Å². The lowest BCUT2D eigenvalue weighted by atomic mass is 9.80. The molecule has 5 atom stereocenters. The Kier molecular flexibility index (Phi) is 4.59. The van der Waals surface area contributed by atoms with Crippen molar-refractivity contribution in [1.82, 2.24) is 0 Å². The molecule has 0 aromatic rings. The molecule has 3 aliphatic rings. The van der Waals surface area contributed by atoms with E-state index in [2.05, 4.69) is 27.8 Å². The molecule has 3 fully saturated rings. The molecule has 2 aliphatic carbocycles. The van der Waals surface area contributed by atoms with Gasteiger partial charge in [0.2, 0.25) is 0 Å². The lowest BCUT2D eigenvalue weighted by Crippen LogP contribution is -2.56. The largest absolute Gasteiger partial charge is 0.385 e. The Morgan fingerprint density at radius 3 is 2.45 bits per heavy atom. The van der Waals surface area contributed by atoms with Crippen molar-refractivity contribution < 1.29 is 19.1 Å². The lowest BCUT2D eigenvalue weighted by molar-refractivity contribution is -0.919. The van der Waals surface area contributed by atoms with Gasteiger partial charge in [0, 0.05) is 0 Å². The molecule has 1 N–H and O–H groups in total. The normalized spacial score (nSPS) is 40.8. The first-order valence-electron chi connectivity index (χ1n) is 9.04. The molecular weight excluding hydrogens is 278 g/mol. The summed E-state index contributed by atoms with van der Waals surface area (Å²) in [5, 5.41) is 10.4. The number of fused-ring (bicyclic) bond motifs is 2. The predicted molar refractivity (Wildman–Crippen MR) is 86.5 cm³/mol. The second-order valence-electron chi connectivity index (χ2n) is 8.78. The zero-order valence-corrected chi connectivity index (χ0v) is 14.8. The zero-order chi connectivity index (χ0) is 16.0. The van der Waals surface area contributed by atoms with E-state index in [1.54, 1.807) is 0 Å². The Hall–Kier alpha value is -0.160. The fourth-order valence-corrected chi connectivity index (χ4v) is 5.52. The molecule has 1 saturated heterocycles. The summed E-state index contributed by atoms with van der Waals surface area (Å²) in [5.41, 5.74) is 0.414. The van der Waals surface area contributed by atoms with Crippen LogP contribution in [0.25, 0.3) is 0 Å². The van der Waals surface area contributed by atoms with Gasteiger partial charge in [0.1, 0.15) is 25.7 Å². The molecule has 3 rings (SSSR count). The van der Waals surface area contributed by atoms with Gasteiger partial charge in [0.25, 0.3) is 0 Å². The van der Waals surface area contributed by atoms with E-state index >= 15 is 0 Å². The predicted octanol–water partition coefficient (Wildman–Crippen LogP) is 1.91. The van der Waals surface area contributed by atoms with Crippen LogP contribution in [0, 0.1) is 23.2 Å². The minimum Gasteiger partial charge on any atom is -0.385 e. The second-order valence-corrected chi connectivity index (χ2v) is 8.78. The van der Waals surface area contributed by atoms with Crippen LogP contribution in [0.1, 0.15) is 33.6 Å². The Labute approximate surface area is 135 Å². The molecular formula is C18H34NO3+. The summed E-state index contributed by atoms with van der Waals surface area (Å²) in [7, 11) is 2.22. The smallest absolute Gasteiger partial charge is 0.126 e. The minimum atomic E-state index is -0.363. The van der Waals surface area contributed by atoms with Crippen molar-refractivity contribution in [2.75, 3.05) is 46.5 Å². The quantitative estimate of drug-likeness (QED) is 0.788. The zero-order valence-electron chi connectivity index (χ0n) is 14.8. The second kappa shape index (κ2) is 6.04. The number of ether oxygens (including phenoxy) is 2. The molecule has 0 aromatic carbocycles. The highest BCUT2D eigenvalue weighted by molar-refractivity contribution is 5.06. The van der Waals surface area contributed by atoms with Gasteiger partial charge in [-0.05, 0) is 36.0 Å². The van der Waals surface area contributed by atoms with E-state index in [-0.39, 0.29) is 6.10 Å². The van der Waals surface area contributed by atoms with Crippen LogP contribution in [0.2, 0.25) is 0 Å². The van der Waals surface area contributed by atoms with Gasteiger partial charge >= 0.3 is 0 Å². The molecule has 0 unspecified atom stereocenters. The Morgan fingerprint density at radius 1 is 1.23 bits per heavy atom. The fraction of sp³-hybridized carbons (Fsp3) is 1.00. The first-order chi connectivity index (χ1) is 10.3. The van der Waals surface area contributed by atoms with E-state index in [1.165, 1.54) is 12.8 Å². The molecule has 22 heavy (non-hydrogen) atoms. The van der Waals surface area contributed by atoms with Crippen LogP contribution in [0.4, 0.5) is 0 Å². The van der Waals surface area contributed by atoms with Crippen molar-refractivity contribution in [3.8, 4) is 0 Å². The summed E-state index contributed by atoms with van der Waals surface area (Å²) in [6, 6.07) is 0. The summed E-state index contributed by atoms with van der Waals surface area (Å²) in [6.07, 6.45) is 2.64.